The van der Waals surface area contributed by atoms with Gasteiger partial charge in [-0.15, -0.1) is 0 Å². The number of esters is 1. The second-order valence-corrected chi connectivity index (χ2v) is 11.3. The molecule has 0 saturated heterocycles. The molecule has 3 aromatic rings. The lowest BCUT2D eigenvalue weighted by molar-refractivity contribution is -0.0251. The molecule has 2 aromatic heterocycles. The highest BCUT2D eigenvalue weighted by molar-refractivity contribution is 7.92. The number of anilines is 1. The number of carbonyl (C=O) groups excluding carboxylic acids is 1. The van der Waals surface area contributed by atoms with Crippen molar-refractivity contribution in [3.8, 4) is 11.4 Å². The maximum atomic E-state index is 13.0. The van der Waals surface area contributed by atoms with Gasteiger partial charge in [0.05, 0.1) is 24.1 Å². The summed E-state index contributed by atoms with van der Waals surface area (Å²) >= 11 is 0. The predicted octanol–water partition coefficient (Wildman–Crippen LogP) is 4.79. The largest absolute Gasteiger partial charge is 0.459 e. The minimum absolute atomic E-state index is 0.124. The van der Waals surface area contributed by atoms with Crippen molar-refractivity contribution in [1.29, 1.82) is 0 Å². The molecule has 0 bridgehead atoms. The molecular formula is C24H29N5O4S. The molecule has 0 amide bonds. The fourth-order valence-electron chi connectivity index (χ4n) is 5.00. The first-order chi connectivity index (χ1) is 16.0. The molecule has 1 aromatic carbocycles. The van der Waals surface area contributed by atoms with Crippen LogP contribution < -0.4 is 4.72 Å². The summed E-state index contributed by atoms with van der Waals surface area (Å²) in [6, 6.07) is 5.27. The maximum Gasteiger partial charge on any atom is 0.329 e. The second kappa shape index (κ2) is 8.80. The minimum Gasteiger partial charge on any atom is -0.459 e. The molecule has 34 heavy (non-hydrogen) atoms. The molecule has 9 nitrogen and oxygen atoms in total. The van der Waals surface area contributed by atoms with E-state index in [1.807, 2.05) is 0 Å². The number of hydrogen-bond donors (Lipinski definition) is 2. The Morgan fingerprint density at radius 3 is 2.56 bits per heavy atom. The van der Waals surface area contributed by atoms with E-state index in [0.717, 1.165) is 24.7 Å². The molecule has 0 aliphatic heterocycles. The number of aryl methyl sites for hydroxylation is 1. The number of nitrogens with one attached hydrogen (secondary N) is 2. The molecule has 2 heterocycles. The monoisotopic (exact) mass is 483 g/mol. The summed E-state index contributed by atoms with van der Waals surface area (Å²) in [5.41, 5.74) is 2.47. The summed E-state index contributed by atoms with van der Waals surface area (Å²) in [5.74, 6) is 1.05. The van der Waals surface area contributed by atoms with Crippen LogP contribution in [0.25, 0.3) is 21.9 Å². The maximum absolute atomic E-state index is 13.0. The Kier molecular flexibility index (Phi) is 6.16. The number of H-pyrrole nitrogens is 1. The van der Waals surface area contributed by atoms with Crippen molar-refractivity contribution < 1.29 is 17.9 Å². The molecule has 1 aliphatic rings. The van der Waals surface area contributed by atoms with E-state index >= 15 is 0 Å². The number of aromatic amines is 1. The molecule has 10 heteroatoms. The quantitative estimate of drug-likeness (QED) is 0.401. The molecule has 1 saturated carbocycles. The molecular weight excluding hydrogens is 454 g/mol. The number of hydrogen-bond acceptors (Lipinski definition) is 5. The molecule has 2 N–H and O–H groups in total. The van der Waals surface area contributed by atoms with Crippen molar-refractivity contribution >= 4 is 33.0 Å². The van der Waals surface area contributed by atoms with E-state index in [4.69, 9.17) is 11.3 Å². The predicted molar refractivity (Wildman–Crippen MR) is 130 cm³/mol. The number of ether oxygens (including phenoxy) is 1. The fourth-order valence-corrected chi connectivity index (χ4v) is 5.62. The highest BCUT2D eigenvalue weighted by atomic mass is 32.2. The van der Waals surface area contributed by atoms with Crippen LogP contribution in [0, 0.1) is 31.2 Å². The van der Waals surface area contributed by atoms with Gasteiger partial charge in [0.2, 0.25) is 15.7 Å². The van der Waals surface area contributed by atoms with Gasteiger partial charge in [-0.1, -0.05) is 32.9 Å². The van der Waals surface area contributed by atoms with Gasteiger partial charge in [0, 0.05) is 11.8 Å². The first kappa shape index (κ1) is 23.8. The smallest absolute Gasteiger partial charge is 0.329 e. The number of carbonyl (C=O) groups is 1. The zero-order chi connectivity index (χ0) is 24.8. The Hall–Kier alpha value is -3.32. The SMILES string of the molecule is [C-]#[N+]c1c(C(=O)OC2C(C)CC(C)CC2C)cn2[nH]c(-c3ccc(C)c(NS(C)(=O)=O)c3)nc12. The van der Waals surface area contributed by atoms with Gasteiger partial charge in [-0.05, 0) is 49.1 Å². The Morgan fingerprint density at radius 1 is 1.26 bits per heavy atom. The Labute approximate surface area is 199 Å². The Bertz CT molecular complexity index is 1390. The van der Waals surface area contributed by atoms with E-state index in [9.17, 15) is 13.2 Å². The molecule has 180 valence electrons. The zero-order valence-electron chi connectivity index (χ0n) is 19.9. The lowest BCUT2D eigenvalue weighted by Crippen LogP contribution is -2.37. The van der Waals surface area contributed by atoms with Crippen molar-refractivity contribution in [2.24, 2.45) is 17.8 Å². The number of fused-ring (bicyclic) bond motifs is 1. The molecule has 4 rings (SSSR count). The summed E-state index contributed by atoms with van der Waals surface area (Å²) in [6.07, 6.45) is 4.45. The van der Waals surface area contributed by atoms with Crippen molar-refractivity contribution in [1.82, 2.24) is 14.6 Å². The highest BCUT2D eigenvalue weighted by Gasteiger charge is 2.35. The van der Waals surface area contributed by atoms with Crippen molar-refractivity contribution in [2.75, 3.05) is 11.0 Å². The Balaban J connectivity index is 1.64. The summed E-state index contributed by atoms with van der Waals surface area (Å²) in [7, 11) is -3.44. The number of nitrogens with zero attached hydrogens (tertiary/aromatic N) is 3. The van der Waals surface area contributed by atoms with Crippen LogP contribution in [-0.2, 0) is 14.8 Å². The number of benzene rings is 1. The fraction of sp³-hybridized carbons (Fsp3) is 0.458. The summed E-state index contributed by atoms with van der Waals surface area (Å²) in [4.78, 5) is 21.1. The van der Waals surface area contributed by atoms with Crippen LogP contribution in [-0.4, -0.2) is 41.3 Å². The molecule has 2 unspecified atom stereocenters. The van der Waals surface area contributed by atoms with E-state index in [-0.39, 0.29) is 29.2 Å². The van der Waals surface area contributed by atoms with E-state index in [0.29, 0.717) is 28.6 Å². The van der Waals surface area contributed by atoms with Gasteiger partial charge in [-0.2, -0.15) is 0 Å². The molecule has 0 radical (unpaired) electrons. The molecule has 0 spiro atoms. The molecule has 1 fully saturated rings. The third kappa shape index (κ3) is 4.66. The second-order valence-electron chi connectivity index (χ2n) is 9.57. The van der Waals surface area contributed by atoms with Crippen molar-refractivity contribution in [3.05, 3.63) is 46.9 Å². The third-order valence-electron chi connectivity index (χ3n) is 6.45. The summed E-state index contributed by atoms with van der Waals surface area (Å²) < 4.78 is 33.2. The van der Waals surface area contributed by atoms with Crippen LogP contribution in [0.5, 0.6) is 0 Å². The molecule has 2 atom stereocenters. The van der Waals surface area contributed by atoms with E-state index in [2.05, 4.69) is 40.4 Å². The van der Waals surface area contributed by atoms with Gasteiger partial charge >= 0.3 is 5.97 Å². The first-order valence-electron chi connectivity index (χ1n) is 11.2. The topological polar surface area (TPSA) is 110 Å². The number of rotatable bonds is 5. The lowest BCUT2D eigenvalue weighted by atomic mass is 9.75. The van der Waals surface area contributed by atoms with Crippen LogP contribution >= 0.6 is 0 Å². The van der Waals surface area contributed by atoms with Gasteiger partial charge < -0.3 is 4.74 Å². The van der Waals surface area contributed by atoms with Crippen molar-refractivity contribution in [3.63, 3.8) is 0 Å². The van der Waals surface area contributed by atoms with Gasteiger partial charge in [-0.25, -0.2) is 23.0 Å². The zero-order valence-corrected chi connectivity index (χ0v) is 20.7. The van der Waals surface area contributed by atoms with Crippen molar-refractivity contribution in [2.45, 2.75) is 46.6 Å². The van der Waals surface area contributed by atoms with Crippen LogP contribution in [0.3, 0.4) is 0 Å². The average Bonchev–Trinajstić information content (AvgIpc) is 3.29. The van der Waals surface area contributed by atoms with Gasteiger partial charge in [0.15, 0.2) is 11.5 Å². The van der Waals surface area contributed by atoms with E-state index in [1.165, 1.54) is 10.7 Å². The number of aromatic nitrogens is 3. The van der Waals surface area contributed by atoms with E-state index < -0.39 is 16.0 Å². The van der Waals surface area contributed by atoms with Gasteiger partial charge in [0.1, 0.15) is 6.10 Å². The summed E-state index contributed by atoms with van der Waals surface area (Å²) in [5, 5.41) is 3.08. The molecule has 1 aliphatic carbocycles. The van der Waals surface area contributed by atoms with Crippen LogP contribution in [0.1, 0.15) is 49.5 Å². The van der Waals surface area contributed by atoms with Crippen LogP contribution in [0.15, 0.2) is 24.4 Å². The summed E-state index contributed by atoms with van der Waals surface area (Å²) in [6.45, 7) is 15.9. The van der Waals surface area contributed by atoms with Gasteiger partial charge in [0.25, 0.3) is 0 Å². The average molecular weight is 484 g/mol. The Morgan fingerprint density at radius 2 is 1.94 bits per heavy atom. The van der Waals surface area contributed by atoms with Crippen LogP contribution in [0.4, 0.5) is 11.4 Å². The van der Waals surface area contributed by atoms with Crippen LogP contribution in [0.2, 0.25) is 0 Å². The first-order valence-corrected chi connectivity index (χ1v) is 13.1. The standard InChI is InChI=1S/C24H29N5O4S/c1-13-9-15(3)21(16(4)10-13)33-24(30)18-12-29-23(20(18)25-5)26-22(27-29)17-8-7-14(2)19(11-17)28-34(6,31)32/h7-8,11-13,15-16,21,28H,9-10H2,1-4,6H3,(H,26,27). The normalized spacial score (nSPS) is 22.9. The van der Waals surface area contributed by atoms with Gasteiger partial charge in [-0.3, -0.25) is 14.3 Å². The number of sulfonamides is 1. The minimum atomic E-state index is -3.44. The highest BCUT2D eigenvalue weighted by Crippen LogP contribution is 2.37. The van der Waals surface area contributed by atoms with E-state index in [1.54, 1.807) is 25.1 Å². The lowest BCUT2D eigenvalue weighted by Gasteiger charge is -2.37. The third-order valence-corrected chi connectivity index (χ3v) is 7.04.